The third-order valence-electron chi connectivity index (χ3n) is 4.43. The molecule has 1 heterocycles. The minimum Gasteiger partial charge on any atom is -0.462 e. The summed E-state index contributed by atoms with van der Waals surface area (Å²) in [5.41, 5.74) is 4.92. The third kappa shape index (κ3) is 4.13. The molecule has 0 bridgehead atoms. The summed E-state index contributed by atoms with van der Waals surface area (Å²) in [7, 11) is 0. The maximum absolute atomic E-state index is 12.8. The first kappa shape index (κ1) is 20.6. The second-order valence-corrected chi connectivity index (χ2v) is 7.71. The number of nitrogens with zero attached hydrogens (tertiary/aromatic N) is 1. The van der Waals surface area contributed by atoms with Gasteiger partial charge in [-0.25, -0.2) is 4.79 Å². The number of fused-ring (bicyclic) bond motifs is 1. The largest absolute Gasteiger partial charge is 0.462 e. The monoisotopic (exact) mass is 457 g/mol. The molecule has 0 unspecified atom stereocenters. The second-order valence-electron chi connectivity index (χ2n) is 6.36. The Morgan fingerprint density at radius 3 is 2.54 bits per heavy atom. The summed E-state index contributed by atoms with van der Waals surface area (Å²) in [6.45, 7) is 6.06. The van der Waals surface area contributed by atoms with E-state index in [1.54, 1.807) is 0 Å². The minimum absolute atomic E-state index is 0.321. The van der Waals surface area contributed by atoms with Crippen molar-refractivity contribution in [2.24, 2.45) is 0 Å². The van der Waals surface area contributed by atoms with Crippen LogP contribution in [-0.2, 0) is 9.53 Å². The Kier molecular flexibility index (Phi) is 6.53. The van der Waals surface area contributed by atoms with E-state index in [4.69, 9.17) is 21.3 Å². The van der Waals surface area contributed by atoms with Gasteiger partial charge in [0.2, 0.25) is 0 Å². The minimum atomic E-state index is -0.334. The molecule has 0 aliphatic heterocycles. The number of aryl methyl sites for hydroxylation is 1. The molecule has 0 saturated heterocycles. The first-order chi connectivity index (χ1) is 13.5. The van der Waals surface area contributed by atoms with E-state index in [1.807, 2.05) is 69.3 Å². The SMILES string of the molecule is CCC=C(C(=O)OCC)c1c(C)nc2ccc(Br)cc2c1-c1ccc(Cl)cc1. The number of rotatable bonds is 5. The zero-order chi connectivity index (χ0) is 20.3. The summed E-state index contributed by atoms with van der Waals surface area (Å²) in [6, 6.07) is 13.6. The van der Waals surface area contributed by atoms with Crippen LogP contribution in [0.2, 0.25) is 5.02 Å². The molecule has 2 aromatic carbocycles. The van der Waals surface area contributed by atoms with Crippen LogP contribution in [0.4, 0.5) is 0 Å². The molecule has 1 aromatic heterocycles. The molecule has 3 nitrogen and oxygen atoms in total. The maximum Gasteiger partial charge on any atom is 0.338 e. The number of hydrogen-bond donors (Lipinski definition) is 0. The molecule has 0 fully saturated rings. The van der Waals surface area contributed by atoms with E-state index < -0.39 is 0 Å². The Hall–Kier alpha value is -2.17. The molecule has 28 heavy (non-hydrogen) atoms. The zero-order valence-electron chi connectivity index (χ0n) is 16.1. The van der Waals surface area contributed by atoms with E-state index >= 15 is 0 Å². The number of esters is 1. The predicted octanol–water partition coefficient (Wildman–Crippen LogP) is 6.98. The van der Waals surface area contributed by atoms with Crippen molar-refractivity contribution in [3.05, 3.63) is 69.3 Å². The van der Waals surface area contributed by atoms with Crippen LogP contribution < -0.4 is 0 Å². The first-order valence-corrected chi connectivity index (χ1v) is 10.4. The van der Waals surface area contributed by atoms with Crippen molar-refractivity contribution in [2.75, 3.05) is 6.61 Å². The normalized spacial score (nSPS) is 11.7. The van der Waals surface area contributed by atoms with Gasteiger partial charge in [0.05, 0.1) is 17.7 Å². The molecular weight excluding hydrogens is 438 g/mol. The van der Waals surface area contributed by atoms with Crippen molar-refractivity contribution in [3.8, 4) is 11.1 Å². The van der Waals surface area contributed by atoms with E-state index in [2.05, 4.69) is 15.9 Å². The number of carbonyl (C=O) groups excluding carboxylic acids is 1. The third-order valence-corrected chi connectivity index (χ3v) is 5.18. The number of halogens is 2. The second kappa shape index (κ2) is 8.89. The fraction of sp³-hybridized carbons (Fsp3) is 0.217. The Morgan fingerprint density at radius 2 is 1.89 bits per heavy atom. The maximum atomic E-state index is 12.8. The molecule has 0 aliphatic rings. The van der Waals surface area contributed by atoms with Crippen LogP contribution in [-0.4, -0.2) is 17.6 Å². The summed E-state index contributed by atoms with van der Waals surface area (Å²) in [5, 5.41) is 1.62. The van der Waals surface area contributed by atoms with Gasteiger partial charge in [0.1, 0.15) is 0 Å². The molecule has 0 spiro atoms. The number of carbonyl (C=O) groups is 1. The number of allylic oxidation sites excluding steroid dienone is 1. The Morgan fingerprint density at radius 1 is 1.18 bits per heavy atom. The van der Waals surface area contributed by atoms with Gasteiger partial charge in [0.25, 0.3) is 0 Å². The van der Waals surface area contributed by atoms with Crippen molar-refractivity contribution in [2.45, 2.75) is 27.2 Å². The van der Waals surface area contributed by atoms with Crippen LogP contribution in [0.25, 0.3) is 27.6 Å². The van der Waals surface area contributed by atoms with Gasteiger partial charge in [0, 0.05) is 31.7 Å². The lowest BCUT2D eigenvalue weighted by molar-refractivity contribution is -0.136. The number of pyridine rings is 1. The van der Waals surface area contributed by atoms with Crippen LogP contribution in [0.3, 0.4) is 0 Å². The van der Waals surface area contributed by atoms with E-state index in [9.17, 15) is 4.79 Å². The summed E-state index contributed by atoms with van der Waals surface area (Å²) in [4.78, 5) is 17.5. The van der Waals surface area contributed by atoms with Crippen LogP contribution in [0, 0.1) is 6.92 Å². The summed E-state index contributed by atoms with van der Waals surface area (Å²) < 4.78 is 6.29. The standard InChI is InChI=1S/C23H21BrClNO2/c1-4-6-18(23(27)28-5-2)21-14(3)26-20-12-9-16(24)13-19(20)22(21)15-7-10-17(25)11-8-15/h6-13H,4-5H2,1-3H3. The van der Waals surface area contributed by atoms with E-state index in [-0.39, 0.29) is 5.97 Å². The average Bonchev–Trinajstić information content (AvgIpc) is 2.67. The highest BCUT2D eigenvalue weighted by molar-refractivity contribution is 9.10. The van der Waals surface area contributed by atoms with Crippen molar-refractivity contribution in [1.29, 1.82) is 0 Å². The fourth-order valence-corrected chi connectivity index (χ4v) is 3.79. The van der Waals surface area contributed by atoms with Crippen molar-refractivity contribution in [3.63, 3.8) is 0 Å². The molecule has 0 N–H and O–H groups in total. The van der Waals surface area contributed by atoms with Gasteiger partial charge in [-0.3, -0.25) is 4.98 Å². The molecule has 3 rings (SSSR count). The summed E-state index contributed by atoms with van der Waals surface area (Å²) in [5.74, 6) is -0.334. The van der Waals surface area contributed by atoms with E-state index in [1.165, 1.54) is 0 Å². The average molecular weight is 459 g/mol. The van der Waals surface area contributed by atoms with Gasteiger partial charge in [-0.2, -0.15) is 0 Å². The highest BCUT2D eigenvalue weighted by Crippen LogP contribution is 2.38. The summed E-state index contributed by atoms with van der Waals surface area (Å²) in [6.07, 6.45) is 2.62. The molecule has 144 valence electrons. The highest BCUT2D eigenvalue weighted by Gasteiger charge is 2.23. The fourth-order valence-electron chi connectivity index (χ4n) is 3.30. The molecule has 0 radical (unpaired) electrons. The highest BCUT2D eigenvalue weighted by atomic mass is 79.9. The molecular formula is C23H21BrClNO2. The van der Waals surface area contributed by atoms with Crippen LogP contribution >= 0.6 is 27.5 Å². The number of ether oxygens (including phenoxy) is 1. The first-order valence-electron chi connectivity index (χ1n) is 9.19. The van der Waals surface area contributed by atoms with Gasteiger partial charge in [0.15, 0.2) is 0 Å². The number of aromatic nitrogens is 1. The molecule has 0 amide bonds. The topological polar surface area (TPSA) is 39.2 Å². The number of benzene rings is 2. The van der Waals surface area contributed by atoms with E-state index in [0.717, 1.165) is 37.8 Å². The van der Waals surface area contributed by atoms with Gasteiger partial charge in [-0.1, -0.05) is 52.7 Å². The Labute approximate surface area is 178 Å². The number of hydrogen-bond acceptors (Lipinski definition) is 3. The lowest BCUT2D eigenvalue weighted by Gasteiger charge is -2.18. The van der Waals surface area contributed by atoms with Crippen molar-refractivity contribution < 1.29 is 9.53 Å². The smallest absolute Gasteiger partial charge is 0.338 e. The van der Waals surface area contributed by atoms with Crippen molar-refractivity contribution in [1.82, 2.24) is 4.98 Å². The van der Waals surface area contributed by atoms with Gasteiger partial charge in [-0.05, 0) is 56.2 Å². The van der Waals surface area contributed by atoms with Crippen LogP contribution in [0.1, 0.15) is 31.5 Å². The quantitative estimate of drug-likeness (QED) is 0.306. The van der Waals surface area contributed by atoms with E-state index in [0.29, 0.717) is 23.6 Å². The van der Waals surface area contributed by atoms with Crippen LogP contribution in [0.5, 0.6) is 0 Å². The molecule has 0 saturated carbocycles. The Balaban J connectivity index is 2.42. The predicted molar refractivity (Wildman–Crippen MR) is 120 cm³/mol. The van der Waals surface area contributed by atoms with Gasteiger partial charge in [-0.15, -0.1) is 0 Å². The molecule has 5 heteroatoms. The van der Waals surface area contributed by atoms with Gasteiger partial charge >= 0.3 is 5.97 Å². The zero-order valence-corrected chi connectivity index (χ0v) is 18.4. The van der Waals surface area contributed by atoms with Crippen LogP contribution in [0.15, 0.2) is 53.0 Å². The molecule has 0 atom stereocenters. The molecule has 3 aromatic rings. The summed E-state index contributed by atoms with van der Waals surface area (Å²) >= 11 is 9.67. The lowest BCUT2D eigenvalue weighted by Crippen LogP contribution is -2.10. The Bertz CT molecular complexity index is 1060. The molecule has 0 aliphatic carbocycles. The lowest BCUT2D eigenvalue weighted by atomic mass is 9.89. The van der Waals surface area contributed by atoms with Crippen molar-refractivity contribution >= 4 is 50.0 Å². The van der Waals surface area contributed by atoms with Gasteiger partial charge < -0.3 is 4.74 Å².